The molecule has 6 aliphatic rings. The van der Waals surface area contributed by atoms with Gasteiger partial charge in [0.05, 0.1) is 0 Å². The molecule has 43 heavy (non-hydrogen) atoms. The van der Waals surface area contributed by atoms with Crippen LogP contribution in [0, 0.1) is 11.8 Å². The fourth-order valence-corrected chi connectivity index (χ4v) is 12.6. The van der Waals surface area contributed by atoms with E-state index in [1.54, 1.807) is 0 Å². The minimum atomic E-state index is 0.336. The smallest absolute Gasteiger partial charge is 0.123 e. The average molecular weight is 615 g/mol. The fourth-order valence-electron chi connectivity index (χ4n) is 10.9. The summed E-state index contributed by atoms with van der Waals surface area (Å²) in [6.07, 6.45) is 37.0. The molecule has 0 unspecified atom stereocenters. The van der Waals surface area contributed by atoms with Crippen molar-refractivity contribution in [3.05, 3.63) is 0 Å². The van der Waals surface area contributed by atoms with Gasteiger partial charge < -0.3 is 9.90 Å². The van der Waals surface area contributed by atoms with Crippen LogP contribution in [0.4, 0.5) is 0 Å². The third-order valence-corrected chi connectivity index (χ3v) is 15.1. The normalized spacial score (nSPS) is 39.2. The Hall–Kier alpha value is -0.100. The van der Waals surface area contributed by atoms with Crippen LogP contribution in [0.3, 0.4) is 0 Å². The summed E-state index contributed by atoms with van der Waals surface area (Å²) in [4.78, 5) is 17.6. The van der Waals surface area contributed by atoms with Gasteiger partial charge in [-0.1, -0.05) is 38.5 Å². The van der Waals surface area contributed by atoms with E-state index in [9.17, 15) is 9.90 Å². The number of aldehydes is 1. The zero-order valence-corrected chi connectivity index (χ0v) is 28.4. The topological polar surface area (TPSA) is 43.8 Å². The van der Waals surface area contributed by atoms with Crippen molar-refractivity contribution in [2.75, 3.05) is 6.61 Å². The molecule has 0 atom stereocenters. The van der Waals surface area contributed by atoms with Crippen LogP contribution in [0.1, 0.15) is 167 Å². The van der Waals surface area contributed by atoms with Gasteiger partial charge in [0.25, 0.3) is 0 Å². The van der Waals surface area contributed by atoms with Gasteiger partial charge in [-0.2, -0.15) is 11.8 Å². The first-order valence-electron chi connectivity index (χ1n) is 19.5. The number of nitrogens with zero attached hydrogens (tertiary/aromatic N) is 2. The van der Waals surface area contributed by atoms with E-state index in [2.05, 4.69) is 21.6 Å². The molecule has 0 spiro atoms. The van der Waals surface area contributed by atoms with E-state index in [0.29, 0.717) is 18.4 Å². The first-order chi connectivity index (χ1) is 21.2. The van der Waals surface area contributed by atoms with Gasteiger partial charge in [0.2, 0.25) is 0 Å². The quantitative estimate of drug-likeness (QED) is 0.249. The molecule has 0 radical (unpaired) electrons. The molecular weight excluding hydrogens is 548 g/mol. The van der Waals surface area contributed by atoms with Crippen LogP contribution >= 0.6 is 11.8 Å². The molecule has 6 aliphatic carbocycles. The lowest BCUT2D eigenvalue weighted by atomic mass is 9.81. The predicted molar refractivity (Wildman–Crippen MR) is 182 cm³/mol. The number of carbonyl (C=O) groups is 1. The van der Waals surface area contributed by atoms with Crippen LogP contribution in [0.2, 0.25) is 0 Å². The maximum atomic E-state index is 11.4. The molecule has 5 heteroatoms. The average Bonchev–Trinajstić information content (AvgIpc) is 3.08. The highest BCUT2D eigenvalue weighted by Gasteiger charge is 2.40. The van der Waals surface area contributed by atoms with E-state index >= 15 is 0 Å². The molecular formula is C38H66N2O2S. The first-order valence-corrected chi connectivity index (χ1v) is 20.4. The monoisotopic (exact) mass is 614 g/mol. The summed E-state index contributed by atoms with van der Waals surface area (Å²) in [5.41, 5.74) is 0. The number of hydrogen-bond acceptors (Lipinski definition) is 5. The minimum Gasteiger partial charge on any atom is -0.396 e. The highest BCUT2D eigenvalue weighted by molar-refractivity contribution is 8.00. The van der Waals surface area contributed by atoms with Crippen LogP contribution in [-0.2, 0) is 4.79 Å². The molecule has 0 aromatic rings. The van der Waals surface area contributed by atoms with Gasteiger partial charge in [-0.15, -0.1) is 0 Å². The van der Waals surface area contributed by atoms with Crippen LogP contribution in [0.15, 0.2) is 0 Å². The number of aliphatic hydroxyl groups is 1. The van der Waals surface area contributed by atoms with Crippen LogP contribution in [0.5, 0.6) is 0 Å². The van der Waals surface area contributed by atoms with Gasteiger partial charge >= 0.3 is 0 Å². The minimum absolute atomic E-state index is 0.336. The number of carbonyl (C=O) groups excluding carboxylic acids is 1. The summed E-state index contributed by atoms with van der Waals surface area (Å²) in [7, 11) is 0. The second-order valence-electron chi connectivity index (χ2n) is 16.0. The summed E-state index contributed by atoms with van der Waals surface area (Å²) >= 11 is 2.41. The van der Waals surface area contributed by atoms with E-state index < -0.39 is 0 Å². The van der Waals surface area contributed by atoms with Gasteiger partial charge in [0.15, 0.2) is 0 Å². The molecule has 0 aromatic carbocycles. The number of aliphatic hydroxyl groups excluding tert-OH is 1. The molecule has 6 saturated carbocycles. The summed E-state index contributed by atoms with van der Waals surface area (Å²) in [6.45, 7) is 0.404. The van der Waals surface area contributed by atoms with Crippen molar-refractivity contribution in [2.24, 2.45) is 11.8 Å². The fraction of sp³-hybridized carbons (Fsp3) is 0.974. The van der Waals surface area contributed by atoms with Gasteiger partial charge in [-0.25, -0.2) is 0 Å². The Labute approximate surface area is 269 Å². The molecule has 4 nitrogen and oxygen atoms in total. The standard InChI is InChI=1S/C38H66N2O2S/c41-27-29-11-15-33(16-12-29)39(31-7-3-1-4-8-31)35-19-23-37(24-20-35)43-38-25-21-36(22-26-38)40(32-9-5-2-6-10-32)34-17-13-30(28-42)14-18-34/h27,29-38,42H,1-26,28H2. The lowest BCUT2D eigenvalue weighted by molar-refractivity contribution is -0.112. The molecule has 0 aromatic heterocycles. The Kier molecular flexibility index (Phi) is 12.7. The van der Waals surface area contributed by atoms with Crippen molar-refractivity contribution < 1.29 is 9.90 Å². The van der Waals surface area contributed by atoms with E-state index in [1.165, 1.54) is 160 Å². The van der Waals surface area contributed by atoms with E-state index in [1.807, 2.05) is 0 Å². The van der Waals surface area contributed by atoms with Crippen molar-refractivity contribution >= 4 is 18.0 Å². The van der Waals surface area contributed by atoms with Gasteiger partial charge in [-0.05, 0) is 134 Å². The van der Waals surface area contributed by atoms with Crippen LogP contribution < -0.4 is 0 Å². The zero-order valence-electron chi connectivity index (χ0n) is 27.6. The lowest BCUT2D eigenvalue weighted by Gasteiger charge is -2.49. The van der Waals surface area contributed by atoms with Crippen molar-refractivity contribution in [2.45, 2.75) is 214 Å². The molecule has 0 bridgehead atoms. The number of rotatable bonds is 10. The van der Waals surface area contributed by atoms with Crippen molar-refractivity contribution in [1.29, 1.82) is 0 Å². The summed E-state index contributed by atoms with van der Waals surface area (Å²) in [6, 6.07) is 4.82. The van der Waals surface area contributed by atoms with E-state index in [0.717, 1.165) is 59.6 Å². The van der Waals surface area contributed by atoms with E-state index in [4.69, 9.17) is 0 Å². The SMILES string of the molecule is O=CC1CCC(N(C2CCCCC2)C2CCC(SC3CCC(N(C4CCCCC4)C4CCC(CO)CC4)CC3)CC2)CC1. The Morgan fingerprint density at radius 1 is 0.465 bits per heavy atom. The number of thioether (sulfide) groups is 1. The number of hydrogen-bond donors (Lipinski definition) is 1. The molecule has 246 valence electrons. The summed E-state index contributed by atoms with van der Waals surface area (Å²) < 4.78 is 0. The summed E-state index contributed by atoms with van der Waals surface area (Å²) in [5, 5.41) is 11.5. The van der Waals surface area contributed by atoms with E-state index in [-0.39, 0.29) is 0 Å². The van der Waals surface area contributed by atoms with Gasteiger partial charge in [0.1, 0.15) is 6.29 Å². The van der Waals surface area contributed by atoms with Gasteiger partial charge in [-0.3, -0.25) is 9.80 Å². The molecule has 0 amide bonds. The molecule has 0 saturated heterocycles. The second kappa shape index (κ2) is 16.6. The first kappa shape index (κ1) is 32.8. The zero-order chi connectivity index (χ0) is 29.4. The maximum absolute atomic E-state index is 11.4. The van der Waals surface area contributed by atoms with Crippen molar-refractivity contribution in [1.82, 2.24) is 9.80 Å². The molecule has 0 aliphatic heterocycles. The Morgan fingerprint density at radius 2 is 0.814 bits per heavy atom. The van der Waals surface area contributed by atoms with Crippen LogP contribution in [0.25, 0.3) is 0 Å². The molecule has 0 heterocycles. The largest absolute Gasteiger partial charge is 0.396 e. The Bertz CT molecular complexity index is 797. The highest BCUT2D eigenvalue weighted by Crippen LogP contribution is 2.43. The third kappa shape index (κ3) is 8.63. The van der Waals surface area contributed by atoms with Crippen molar-refractivity contribution in [3.8, 4) is 0 Å². The van der Waals surface area contributed by atoms with Crippen molar-refractivity contribution in [3.63, 3.8) is 0 Å². The highest BCUT2D eigenvalue weighted by atomic mass is 32.2. The second-order valence-corrected chi connectivity index (χ2v) is 17.6. The predicted octanol–water partition coefficient (Wildman–Crippen LogP) is 8.92. The maximum Gasteiger partial charge on any atom is 0.123 e. The lowest BCUT2D eigenvalue weighted by Crippen LogP contribution is -2.53. The molecule has 1 N–H and O–H groups in total. The Balaban J connectivity index is 0.988. The van der Waals surface area contributed by atoms with Crippen LogP contribution in [-0.4, -0.2) is 74.6 Å². The molecule has 6 rings (SSSR count). The van der Waals surface area contributed by atoms with Gasteiger partial charge in [0, 0.05) is 59.3 Å². The summed E-state index contributed by atoms with van der Waals surface area (Å²) in [5.74, 6) is 0.904. The Morgan fingerprint density at radius 3 is 1.19 bits per heavy atom. The molecule has 6 fully saturated rings. The third-order valence-electron chi connectivity index (χ3n) is 13.4.